The van der Waals surface area contributed by atoms with Crippen molar-refractivity contribution in [3.63, 3.8) is 0 Å². The highest BCUT2D eigenvalue weighted by atomic mass is 19.1. The third-order valence-corrected chi connectivity index (χ3v) is 3.07. The summed E-state index contributed by atoms with van der Waals surface area (Å²) < 4.78 is 13.3. The maximum absolute atomic E-state index is 13.3. The topological polar surface area (TPSA) is 12.0 Å². The van der Waals surface area contributed by atoms with E-state index in [-0.39, 0.29) is 11.9 Å². The predicted molar refractivity (Wildman–Crippen MR) is 76.1 cm³/mol. The number of hydrogen-bond donors (Lipinski definition) is 1. The van der Waals surface area contributed by atoms with Crippen LogP contribution < -0.4 is 5.32 Å². The zero-order valence-electron chi connectivity index (χ0n) is 12.1. The van der Waals surface area contributed by atoms with E-state index in [2.05, 4.69) is 33.0 Å². The summed E-state index contributed by atoms with van der Waals surface area (Å²) in [5.41, 5.74) is 1.38. The summed E-state index contributed by atoms with van der Waals surface area (Å²) in [6.45, 7) is 9.87. The van der Waals surface area contributed by atoms with Gasteiger partial charge in [-0.3, -0.25) is 0 Å². The third-order valence-electron chi connectivity index (χ3n) is 3.07. The van der Waals surface area contributed by atoms with Crippen molar-refractivity contribution in [3.8, 4) is 0 Å². The average molecular weight is 251 g/mol. The Morgan fingerprint density at radius 1 is 1.28 bits per heavy atom. The molecule has 18 heavy (non-hydrogen) atoms. The Hall–Kier alpha value is -0.890. The molecule has 1 nitrogen and oxygen atoms in total. The highest BCUT2D eigenvalue weighted by Gasteiger charge is 2.16. The summed E-state index contributed by atoms with van der Waals surface area (Å²) in [5.74, 6) is -0.147. The maximum Gasteiger partial charge on any atom is 0.123 e. The molecular weight excluding hydrogens is 225 g/mol. The SMILES string of the molecule is CCCNC(CCC(C)(C)C)c1cccc(F)c1. The first kappa shape index (κ1) is 15.2. The van der Waals surface area contributed by atoms with E-state index < -0.39 is 0 Å². The van der Waals surface area contributed by atoms with Crippen molar-refractivity contribution in [2.75, 3.05) is 6.54 Å². The zero-order chi connectivity index (χ0) is 13.6. The van der Waals surface area contributed by atoms with E-state index >= 15 is 0 Å². The fourth-order valence-electron chi connectivity index (χ4n) is 2.01. The van der Waals surface area contributed by atoms with Gasteiger partial charge in [0.05, 0.1) is 0 Å². The molecule has 1 N–H and O–H groups in total. The quantitative estimate of drug-likeness (QED) is 0.773. The van der Waals surface area contributed by atoms with Gasteiger partial charge in [0.1, 0.15) is 5.82 Å². The summed E-state index contributed by atoms with van der Waals surface area (Å²) in [4.78, 5) is 0. The van der Waals surface area contributed by atoms with Gasteiger partial charge in [0.25, 0.3) is 0 Å². The van der Waals surface area contributed by atoms with Crippen LogP contribution in [0.4, 0.5) is 4.39 Å². The lowest BCUT2D eigenvalue weighted by Crippen LogP contribution is -2.23. The lowest BCUT2D eigenvalue weighted by Gasteiger charge is -2.24. The second-order valence-corrected chi connectivity index (χ2v) is 6.16. The molecule has 1 atom stereocenters. The van der Waals surface area contributed by atoms with Crippen molar-refractivity contribution in [3.05, 3.63) is 35.6 Å². The number of rotatable bonds is 6. The van der Waals surface area contributed by atoms with Gasteiger partial charge in [0, 0.05) is 6.04 Å². The molecule has 0 aliphatic rings. The lowest BCUT2D eigenvalue weighted by atomic mass is 9.87. The minimum atomic E-state index is -0.147. The van der Waals surface area contributed by atoms with Crippen LogP contribution in [0, 0.1) is 11.2 Å². The van der Waals surface area contributed by atoms with E-state index in [0.717, 1.165) is 31.4 Å². The van der Waals surface area contributed by atoms with Crippen LogP contribution in [0.5, 0.6) is 0 Å². The maximum atomic E-state index is 13.3. The molecule has 0 spiro atoms. The standard InChI is InChI=1S/C16H26FN/c1-5-11-18-15(9-10-16(2,3)4)13-7-6-8-14(17)12-13/h6-8,12,15,18H,5,9-11H2,1-4H3. The van der Waals surface area contributed by atoms with Crippen LogP contribution in [0.25, 0.3) is 0 Å². The van der Waals surface area contributed by atoms with Crippen LogP contribution >= 0.6 is 0 Å². The highest BCUT2D eigenvalue weighted by Crippen LogP contribution is 2.27. The molecule has 0 radical (unpaired) electrons. The van der Waals surface area contributed by atoms with Crippen molar-refractivity contribution in [2.24, 2.45) is 5.41 Å². The largest absolute Gasteiger partial charge is 0.310 e. The van der Waals surface area contributed by atoms with Gasteiger partial charge in [-0.05, 0) is 48.9 Å². The molecule has 0 saturated heterocycles. The van der Waals surface area contributed by atoms with Gasteiger partial charge >= 0.3 is 0 Å². The molecule has 102 valence electrons. The molecule has 0 heterocycles. The Labute approximate surface area is 111 Å². The van der Waals surface area contributed by atoms with Gasteiger partial charge in [-0.25, -0.2) is 4.39 Å². The molecule has 2 heteroatoms. The smallest absolute Gasteiger partial charge is 0.123 e. The average Bonchev–Trinajstić information content (AvgIpc) is 2.28. The van der Waals surface area contributed by atoms with Gasteiger partial charge in [0.15, 0.2) is 0 Å². The summed E-state index contributed by atoms with van der Waals surface area (Å²) in [5, 5.41) is 3.52. The predicted octanol–water partition coefficient (Wildman–Crippen LogP) is 4.69. The van der Waals surface area contributed by atoms with E-state index in [0.29, 0.717) is 5.41 Å². The fourth-order valence-corrected chi connectivity index (χ4v) is 2.01. The Kier molecular flexibility index (Phi) is 5.80. The molecule has 0 amide bonds. The van der Waals surface area contributed by atoms with E-state index in [1.54, 1.807) is 12.1 Å². The van der Waals surface area contributed by atoms with Crippen molar-refractivity contribution in [2.45, 2.75) is 53.0 Å². The van der Waals surface area contributed by atoms with Crippen molar-refractivity contribution < 1.29 is 4.39 Å². The van der Waals surface area contributed by atoms with Gasteiger partial charge < -0.3 is 5.32 Å². The normalized spacial score (nSPS) is 13.6. The van der Waals surface area contributed by atoms with Crippen molar-refractivity contribution >= 4 is 0 Å². The molecule has 0 aliphatic carbocycles. The molecule has 0 fully saturated rings. The van der Waals surface area contributed by atoms with Gasteiger partial charge in [0.2, 0.25) is 0 Å². The van der Waals surface area contributed by atoms with Gasteiger partial charge in [-0.15, -0.1) is 0 Å². The zero-order valence-corrected chi connectivity index (χ0v) is 12.1. The summed E-state index contributed by atoms with van der Waals surface area (Å²) in [7, 11) is 0. The van der Waals surface area contributed by atoms with Crippen molar-refractivity contribution in [1.29, 1.82) is 0 Å². The minimum Gasteiger partial charge on any atom is -0.310 e. The summed E-state index contributed by atoms with van der Waals surface area (Å²) >= 11 is 0. The highest BCUT2D eigenvalue weighted by molar-refractivity contribution is 5.20. The minimum absolute atomic E-state index is 0.147. The molecule has 0 aliphatic heterocycles. The Morgan fingerprint density at radius 2 is 2.00 bits per heavy atom. The van der Waals surface area contributed by atoms with Crippen LogP contribution in [-0.2, 0) is 0 Å². The van der Waals surface area contributed by atoms with Crippen LogP contribution in [-0.4, -0.2) is 6.54 Å². The number of hydrogen-bond acceptors (Lipinski definition) is 1. The van der Waals surface area contributed by atoms with E-state index in [4.69, 9.17) is 0 Å². The molecule has 1 aromatic rings. The first-order chi connectivity index (χ1) is 8.42. The fraction of sp³-hybridized carbons (Fsp3) is 0.625. The lowest BCUT2D eigenvalue weighted by molar-refractivity contribution is 0.332. The van der Waals surface area contributed by atoms with Gasteiger partial charge in [-0.1, -0.05) is 39.8 Å². The molecule has 0 bridgehead atoms. The molecule has 1 unspecified atom stereocenters. The first-order valence-electron chi connectivity index (χ1n) is 6.91. The van der Waals surface area contributed by atoms with Gasteiger partial charge in [-0.2, -0.15) is 0 Å². The Balaban J connectivity index is 2.71. The Bertz CT molecular complexity index is 354. The molecule has 1 aromatic carbocycles. The monoisotopic (exact) mass is 251 g/mol. The number of nitrogens with one attached hydrogen (secondary N) is 1. The van der Waals surface area contributed by atoms with Crippen LogP contribution in [0.2, 0.25) is 0 Å². The number of halogens is 1. The second kappa shape index (κ2) is 6.89. The molecule has 1 rings (SSSR count). The van der Waals surface area contributed by atoms with Crippen molar-refractivity contribution in [1.82, 2.24) is 5.32 Å². The third kappa shape index (κ3) is 5.63. The number of benzene rings is 1. The summed E-state index contributed by atoms with van der Waals surface area (Å²) in [6.07, 6.45) is 3.28. The molecular formula is C16H26FN. The second-order valence-electron chi connectivity index (χ2n) is 6.16. The van der Waals surface area contributed by atoms with E-state index in [1.165, 1.54) is 6.07 Å². The van der Waals surface area contributed by atoms with Crippen LogP contribution in [0.1, 0.15) is 58.6 Å². The van der Waals surface area contributed by atoms with Crippen LogP contribution in [0.3, 0.4) is 0 Å². The summed E-state index contributed by atoms with van der Waals surface area (Å²) in [6, 6.07) is 7.22. The first-order valence-corrected chi connectivity index (χ1v) is 6.91. The molecule has 0 aromatic heterocycles. The Morgan fingerprint density at radius 3 is 2.56 bits per heavy atom. The van der Waals surface area contributed by atoms with Crippen LogP contribution in [0.15, 0.2) is 24.3 Å². The van der Waals surface area contributed by atoms with E-state index in [9.17, 15) is 4.39 Å². The molecule has 0 saturated carbocycles. The van der Waals surface area contributed by atoms with E-state index in [1.807, 2.05) is 6.07 Å².